The number of nitrogens with zero attached hydrogens (tertiary/aromatic N) is 4. The Bertz CT molecular complexity index is 1680. The van der Waals surface area contributed by atoms with Gasteiger partial charge in [-0.1, -0.05) is 13.0 Å². The van der Waals surface area contributed by atoms with E-state index >= 15 is 8.78 Å². The molecule has 2 fully saturated rings. The first-order valence-corrected chi connectivity index (χ1v) is 15.3. The first-order chi connectivity index (χ1) is 19.3. The Balaban J connectivity index is 1.53. The number of aromatic nitrogens is 3. The molecule has 2 aromatic heterocycles. The summed E-state index contributed by atoms with van der Waals surface area (Å²) in [5, 5.41) is 4.80. The summed E-state index contributed by atoms with van der Waals surface area (Å²) in [6, 6.07) is 2.24. The molecule has 3 aliphatic rings. The minimum Gasteiger partial charge on any atom is -0.372 e. The van der Waals surface area contributed by atoms with E-state index in [-0.39, 0.29) is 29.0 Å². The molecule has 1 saturated carbocycles. The molecule has 1 unspecified atom stereocenters. The van der Waals surface area contributed by atoms with E-state index in [1.54, 1.807) is 18.6 Å². The van der Waals surface area contributed by atoms with Gasteiger partial charge in [0.25, 0.3) is 0 Å². The van der Waals surface area contributed by atoms with Gasteiger partial charge < -0.3 is 14.8 Å². The lowest BCUT2D eigenvalue weighted by Gasteiger charge is -2.34. The first kappa shape index (κ1) is 26.6. The van der Waals surface area contributed by atoms with E-state index in [0.29, 0.717) is 10.9 Å². The minimum absolute atomic E-state index is 0.0725. The van der Waals surface area contributed by atoms with Crippen molar-refractivity contribution in [2.24, 2.45) is 11.8 Å². The third kappa shape index (κ3) is 5.27. The van der Waals surface area contributed by atoms with Crippen LogP contribution in [0, 0.1) is 23.5 Å². The standard InChI is InChI=1S/C29H32F2N6O2S/c1-2-20-13-22-23(21-14-33-18-34-15-21)16-37(27(22)8-7-26(20)36-11-9-32-10-12-36)29-24(30)5-6-25(28(29)31)35-40(38,39)17-19-3-4-19/h5-8,13-16,18-20,32,35H,2-4,9-12,17H2,1H3. The second-order valence-corrected chi connectivity index (χ2v) is 12.4. The quantitative estimate of drug-likeness (QED) is 0.436. The van der Waals surface area contributed by atoms with E-state index in [4.69, 9.17) is 0 Å². The normalized spacial score (nSPS) is 19.2. The Morgan fingerprint density at radius 1 is 1.10 bits per heavy atom. The van der Waals surface area contributed by atoms with Crippen molar-refractivity contribution in [3.8, 4) is 16.8 Å². The van der Waals surface area contributed by atoms with Crippen LogP contribution in [0.5, 0.6) is 0 Å². The zero-order valence-electron chi connectivity index (χ0n) is 22.3. The van der Waals surface area contributed by atoms with E-state index in [1.165, 1.54) is 10.9 Å². The molecular weight excluding hydrogens is 534 g/mol. The summed E-state index contributed by atoms with van der Waals surface area (Å²) in [5.41, 5.74) is 1.99. The number of fused-ring (bicyclic) bond motifs is 1. The summed E-state index contributed by atoms with van der Waals surface area (Å²) in [4.78, 5) is 10.7. The lowest BCUT2D eigenvalue weighted by atomic mass is 9.98. The van der Waals surface area contributed by atoms with Crippen LogP contribution in [-0.4, -0.2) is 59.8 Å². The van der Waals surface area contributed by atoms with Crippen LogP contribution in [0.25, 0.3) is 29.0 Å². The van der Waals surface area contributed by atoms with Crippen LogP contribution < -0.4 is 20.6 Å². The van der Waals surface area contributed by atoms with Crippen molar-refractivity contribution in [2.75, 3.05) is 36.7 Å². The zero-order valence-corrected chi connectivity index (χ0v) is 23.1. The highest BCUT2D eigenvalue weighted by atomic mass is 32.2. The van der Waals surface area contributed by atoms with Gasteiger partial charge in [-0.2, -0.15) is 0 Å². The second-order valence-electron chi connectivity index (χ2n) is 10.6. The van der Waals surface area contributed by atoms with Crippen molar-refractivity contribution in [1.82, 2.24) is 24.8 Å². The van der Waals surface area contributed by atoms with Crippen LogP contribution in [0.4, 0.5) is 14.5 Å². The highest BCUT2D eigenvalue weighted by molar-refractivity contribution is 7.92. The molecule has 1 aromatic carbocycles. The molecule has 1 aliphatic heterocycles. The van der Waals surface area contributed by atoms with E-state index in [9.17, 15) is 8.42 Å². The Hall–Kier alpha value is -3.57. The Morgan fingerprint density at radius 3 is 2.55 bits per heavy atom. The Kier molecular flexibility index (Phi) is 7.18. The summed E-state index contributed by atoms with van der Waals surface area (Å²) in [6.45, 7) is 5.65. The minimum atomic E-state index is -3.77. The topological polar surface area (TPSA) is 92.1 Å². The number of hydrogen-bond acceptors (Lipinski definition) is 6. The molecule has 3 heterocycles. The van der Waals surface area contributed by atoms with Crippen molar-refractivity contribution >= 4 is 27.9 Å². The average Bonchev–Trinajstić information content (AvgIpc) is 3.73. The molecule has 8 nitrogen and oxygen atoms in total. The molecule has 2 aliphatic carbocycles. The lowest BCUT2D eigenvalue weighted by molar-refractivity contribution is 0.279. The van der Waals surface area contributed by atoms with E-state index in [0.717, 1.165) is 74.1 Å². The number of benzene rings is 1. The average molecular weight is 567 g/mol. The van der Waals surface area contributed by atoms with Gasteiger partial charge in [-0.3, -0.25) is 4.72 Å². The predicted molar refractivity (Wildman–Crippen MR) is 151 cm³/mol. The van der Waals surface area contributed by atoms with Crippen LogP contribution in [-0.2, 0) is 10.0 Å². The van der Waals surface area contributed by atoms with Crippen molar-refractivity contribution in [1.29, 1.82) is 0 Å². The molecule has 6 rings (SSSR count). The number of allylic oxidation sites excluding steroid dienone is 2. The predicted octanol–water partition coefficient (Wildman–Crippen LogP) is 2.75. The third-order valence-electron chi connectivity index (χ3n) is 7.76. The third-order valence-corrected chi connectivity index (χ3v) is 9.20. The number of nitrogens with one attached hydrogen (secondary N) is 2. The van der Waals surface area contributed by atoms with E-state index in [1.807, 2.05) is 12.2 Å². The summed E-state index contributed by atoms with van der Waals surface area (Å²) < 4.78 is 60.6. The van der Waals surface area contributed by atoms with Crippen LogP contribution in [0.1, 0.15) is 26.2 Å². The van der Waals surface area contributed by atoms with E-state index in [2.05, 4.69) is 37.9 Å². The number of piperazine rings is 1. The van der Waals surface area contributed by atoms with E-state index < -0.39 is 21.7 Å². The van der Waals surface area contributed by atoms with Gasteiger partial charge in [-0.05, 0) is 49.5 Å². The lowest BCUT2D eigenvalue weighted by Crippen LogP contribution is -2.44. The number of halogens is 2. The van der Waals surface area contributed by atoms with Gasteiger partial charge in [0.1, 0.15) is 17.8 Å². The molecule has 0 radical (unpaired) electrons. The second kappa shape index (κ2) is 10.8. The molecule has 0 spiro atoms. The number of hydrogen-bond donors (Lipinski definition) is 2. The highest BCUT2D eigenvalue weighted by Gasteiger charge is 2.29. The van der Waals surface area contributed by atoms with Gasteiger partial charge in [0.2, 0.25) is 10.0 Å². The number of sulfonamides is 1. The molecule has 2 N–H and O–H groups in total. The fourth-order valence-corrected chi connectivity index (χ4v) is 7.07. The largest absolute Gasteiger partial charge is 0.372 e. The maximum Gasteiger partial charge on any atom is 0.233 e. The molecule has 1 atom stereocenters. The number of rotatable bonds is 8. The van der Waals surface area contributed by atoms with Gasteiger partial charge in [0.05, 0.1) is 16.8 Å². The molecule has 0 amide bonds. The number of anilines is 1. The summed E-state index contributed by atoms with van der Waals surface area (Å²) in [5.74, 6) is -1.66. The van der Waals surface area contributed by atoms with Gasteiger partial charge in [-0.15, -0.1) is 0 Å². The van der Waals surface area contributed by atoms with Crippen LogP contribution in [0.15, 0.2) is 48.8 Å². The van der Waals surface area contributed by atoms with Crippen LogP contribution in [0.3, 0.4) is 0 Å². The molecule has 1 saturated heterocycles. The molecule has 210 valence electrons. The Morgan fingerprint density at radius 2 is 1.85 bits per heavy atom. The van der Waals surface area contributed by atoms with Gasteiger partial charge in [0, 0.05) is 72.7 Å². The summed E-state index contributed by atoms with van der Waals surface area (Å²) >= 11 is 0. The summed E-state index contributed by atoms with van der Waals surface area (Å²) in [6.07, 6.45) is 15.1. The fraction of sp³-hybridized carbons (Fsp3) is 0.379. The maximum atomic E-state index is 16.0. The van der Waals surface area contributed by atoms with Gasteiger partial charge in [-0.25, -0.2) is 27.2 Å². The maximum absolute atomic E-state index is 16.0. The fourth-order valence-electron chi connectivity index (χ4n) is 5.54. The van der Waals surface area contributed by atoms with Crippen molar-refractivity contribution in [2.45, 2.75) is 26.2 Å². The molecular formula is C29H32F2N6O2S. The van der Waals surface area contributed by atoms with Crippen LogP contribution in [0.2, 0.25) is 0 Å². The molecule has 11 heteroatoms. The monoisotopic (exact) mass is 566 g/mol. The van der Waals surface area contributed by atoms with Crippen molar-refractivity contribution < 1.29 is 17.2 Å². The SMILES string of the molecule is CCC1C=c2c(-c3cncnc3)cn(-c3c(F)ccc(NS(=O)(=O)CC4CC4)c3F)c2=CC=C1N1CCNCC1. The van der Waals surface area contributed by atoms with Crippen molar-refractivity contribution in [3.05, 3.63) is 71.0 Å². The smallest absolute Gasteiger partial charge is 0.233 e. The zero-order chi connectivity index (χ0) is 27.9. The first-order valence-electron chi connectivity index (χ1n) is 13.7. The highest BCUT2D eigenvalue weighted by Crippen LogP contribution is 2.32. The van der Waals surface area contributed by atoms with Crippen molar-refractivity contribution in [3.63, 3.8) is 0 Å². The van der Waals surface area contributed by atoms with Gasteiger partial charge in [0.15, 0.2) is 5.82 Å². The van der Waals surface area contributed by atoms with Gasteiger partial charge >= 0.3 is 0 Å². The molecule has 3 aromatic rings. The molecule has 0 bridgehead atoms. The molecule has 40 heavy (non-hydrogen) atoms. The summed E-state index contributed by atoms with van der Waals surface area (Å²) in [7, 11) is -3.77. The van der Waals surface area contributed by atoms with Crippen LogP contribution >= 0.6 is 0 Å². The Labute approximate surface area is 232 Å².